The van der Waals surface area contributed by atoms with Crippen molar-refractivity contribution in [3.05, 3.63) is 54.1 Å². The Balaban J connectivity index is 1.27. The molecule has 1 heterocycles. The number of carboxylic acid groups (broad SMARTS) is 1. The van der Waals surface area contributed by atoms with Gasteiger partial charge in [-0.15, -0.1) is 0 Å². The first-order chi connectivity index (χ1) is 16.5. The average molecular weight is 482 g/mol. The third-order valence-electron chi connectivity index (χ3n) is 6.27. The Morgan fingerprint density at radius 1 is 1.15 bits per heavy atom. The third-order valence-corrected chi connectivity index (χ3v) is 7.34. The number of nitrogens with one attached hydrogen (secondary N) is 1. The first-order valence-corrected chi connectivity index (χ1v) is 12.7. The van der Waals surface area contributed by atoms with Gasteiger partial charge in [-0.05, 0) is 49.1 Å². The van der Waals surface area contributed by atoms with Crippen LogP contribution in [0.5, 0.6) is 5.75 Å². The minimum Gasteiger partial charge on any atom is -0.492 e. The van der Waals surface area contributed by atoms with E-state index in [0.29, 0.717) is 30.5 Å². The van der Waals surface area contributed by atoms with Gasteiger partial charge in [-0.2, -0.15) is 0 Å². The Morgan fingerprint density at radius 2 is 1.88 bits per heavy atom. The van der Waals surface area contributed by atoms with Crippen LogP contribution in [0.4, 0.5) is 0 Å². The number of carbonyl (C=O) groups excluding carboxylic acids is 1. The normalized spacial score (nSPS) is 15.2. The fraction of sp³-hybridized carbons (Fsp3) is 0.423. The smallest absolute Gasteiger partial charge is 0.317 e. The molecule has 0 aliphatic heterocycles. The Morgan fingerprint density at radius 3 is 2.59 bits per heavy atom. The van der Waals surface area contributed by atoms with Crippen molar-refractivity contribution in [3.8, 4) is 5.75 Å². The van der Waals surface area contributed by atoms with Crippen molar-refractivity contribution in [2.75, 3.05) is 20.2 Å². The molecule has 1 aliphatic carbocycles. The summed E-state index contributed by atoms with van der Waals surface area (Å²) in [6, 6.07) is 15.1. The van der Waals surface area contributed by atoms with Crippen LogP contribution in [-0.4, -0.2) is 57.3 Å². The molecule has 0 saturated heterocycles. The monoisotopic (exact) mass is 481 g/mol. The summed E-state index contributed by atoms with van der Waals surface area (Å²) >= 11 is 1.22. The van der Waals surface area contributed by atoms with Crippen LogP contribution >= 0.6 is 11.8 Å². The largest absolute Gasteiger partial charge is 0.492 e. The van der Waals surface area contributed by atoms with Gasteiger partial charge in [0.05, 0.1) is 17.6 Å². The number of H-pyrrole nitrogens is 1. The van der Waals surface area contributed by atoms with Crippen LogP contribution in [0, 0.1) is 5.92 Å². The zero-order valence-electron chi connectivity index (χ0n) is 19.4. The van der Waals surface area contributed by atoms with Crippen molar-refractivity contribution in [2.24, 2.45) is 5.92 Å². The van der Waals surface area contributed by atoms with E-state index in [-0.39, 0.29) is 11.8 Å². The number of carboxylic acids is 1. The molecule has 2 N–H and O–H groups in total. The summed E-state index contributed by atoms with van der Waals surface area (Å²) in [5.74, 6) is 0.216. The minimum absolute atomic E-state index is 0.164. The number of benzene rings is 2. The predicted molar refractivity (Wildman–Crippen MR) is 133 cm³/mol. The van der Waals surface area contributed by atoms with Gasteiger partial charge in [-0.25, -0.2) is 4.98 Å². The fourth-order valence-corrected chi connectivity index (χ4v) is 5.27. The van der Waals surface area contributed by atoms with Gasteiger partial charge in [0, 0.05) is 13.0 Å². The SMILES string of the molecule is CN(CCOc1ccc(CC(Sc2nc3ccccc3[nH]2)C(=O)O)cc1)C(=O)C1CCCCC1. The number of amides is 1. The van der Waals surface area contributed by atoms with Gasteiger partial charge in [-0.3, -0.25) is 9.59 Å². The second-order valence-electron chi connectivity index (χ2n) is 8.80. The molecule has 3 aromatic rings. The second-order valence-corrected chi connectivity index (χ2v) is 9.99. The van der Waals surface area contributed by atoms with E-state index in [1.54, 1.807) is 4.90 Å². The number of thioether (sulfide) groups is 1. The van der Waals surface area contributed by atoms with E-state index in [4.69, 9.17) is 4.74 Å². The van der Waals surface area contributed by atoms with Crippen LogP contribution in [0.15, 0.2) is 53.7 Å². The summed E-state index contributed by atoms with van der Waals surface area (Å²) in [5.41, 5.74) is 2.62. The van der Waals surface area contributed by atoms with E-state index in [1.807, 2.05) is 55.6 Å². The van der Waals surface area contributed by atoms with Gasteiger partial charge in [0.1, 0.15) is 17.6 Å². The summed E-state index contributed by atoms with van der Waals surface area (Å²) in [6.07, 6.45) is 5.89. The van der Waals surface area contributed by atoms with E-state index in [1.165, 1.54) is 18.2 Å². The number of ether oxygens (including phenoxy) is 1. The number of imidazole rings is 1. The molecule has 1 atom stereocenters. The molecule has 1 fully saturated rings. The second kappa shape index (κ2) is 11.4. The van der Waals surface area contributed by atoms with E-state index < -0.39 is 11.2 Å². The maximum Gasteiger partial charge on any atom is 0.317 e. The molecular formula is C26H31N3O4S. The van der Waals surface area contributed by atoms with E-state index >= 15 is 0 Å². The maximum atomic E-state index is 12.5. The molecule has 4 rings (SSSR count). The number of fused-ring (bicyclic) bond motifs is 1. The third kappa shape index (κ3) is 6.32. The van der Waals surface area contributed by atoms with Crippen LogP contribution in [0.25, 0.3) is 11.0 Å². The lowest BCUT2D eigenvalue weighted by molar-refractivity contribution is -0.136. The summed E-state index contributed by atoms with van der Waals surface area (Å²) in [5, 5.41) is 9.65. The lowest BCUT2D eigenvalue weighted by Gasteiger charge is -2.26. The molecule has 1 aromatic heterocycles. The van der Waals surface area contributed by atoms with Gasteiger partial charge in [0.25, 0.3) is 0 Å². The lowest BCUT2D eigenvalue weighted by Crippen LogP contribution is -2.36. The van der Waals surface area contributed by atoms with Crippen LogP contribution in [0.2, 0.25) is 0 Å². The van der Waals surface area contributed by atoms with Crippen LogP contribution in [-0.2, 0) is 16.0 Å². The molecule has 0 radical (unpaired) electrons. The highest BCUT2D eigenvalue weighted by molar-refractivity contribution is 8.00. The molecule has 8 heteroatoms. The van der Waals surface area contributed by atoms with Gasteiger partial charge in [0.15, 0.2) is 5.16 Å². The fourth-order valence-electron chi connectivity index (χ4n) is 4.31. The summed E-state index contributed by atoms with van der Waals surface area (Å²) in [4.78, 5) is 33.8. The average Bonchev–Trinajstić information content (AvgIpc) is 3.27. The topological polar surface area (TPSA) is 95.5 Å². The molecule has 34 heavy (non-hydrogen) atoms. The van der Waals surface area contributed by atoms with Crippen molar-refractivity contribution in [1.29, 1.82) is 0 Å². The van der Waals surface area contributed by atoms with Crippen LogP contribution < -0.4 is 4.74 Å². The number of aliphatic carboxylic acids is 1. The number of hydrogen-bond acceptors (Lipinski definition) is 5. The molecular weight excluding hydrogens is 450 g/mol. The Bertz CT molecular complexity index is 1080. The van der Waals surface area contributed by atoms with Crippen LogP contribution in [0.3, 0.4) is 0 Å². The number of nitrogens with zero attached hydrogens (tertiary/aromatic N) is 2. The lowest BCUT2D eigenvalue weighted by atomic mass is 9.88. The summed E-state index contributed by atoms with van der Waals surface area (Å²) < 4.78 is 5.82. The molecule has 2 aromatic carbocycles. The first kappa shape index (κ1) is 24.1. The minimum atomic E-state index is -0.878. The molecule has 1 amide bonds. The van der Waals surface area contributed by atoms with Crippen LogP contribution in [0.1, 0.15) is 37.7 Å². The maximum absolute atomic E-state index is 12.5. The molecule has 1 saturated carbocycles. The highest BCUT2D eigenvalue weighted by Crippen LogP contribution is 2.27. The van der Waals surface area contributed by atoms with Crippen molar-refractivity contribution >= 4 is 34.7 Å². The first-order valence-electron chi connectivity index (χ1n) is 11.8. The van der Waals surface area contributed by atoms with Crippen molar-refractivity contribution in [1.82, 2.24) is 14.9 Å². The zero-order valence-corrected chi connectivity index (χ0v) is 20.2. The van der Waals surface area contributed by atoms with Crippen molar-refractivity contribution in [2.45, 2.75) is 48.9 Å². The van der Waals surface area contributed by atoms with Gasteiger partial charge in [-0.1, -0.05) is 55.3 Å². The number of rotatable bonds is 10. The molecule has 180 valence electrons. The van der Waals surface area contributed by atoms with Gasteiger partial charge >= 0.3 is 5.97 Å². The Hall–Kier alpha value is -3.00. The number of hydrogen-bond donors (Lipinski definition) is 2. The molecule has 0 bridgehead atoms. The standard InChI is InChI=1S/C26H31N3O4S/c1-29(24(30)19-7-3-2-4-8-19)15-16-33-20-13-11-18(12-14-20)17-23(25(31)32)34-26-27-21-9-5-6-10-22(21)28-26/h5-6,9-14,19,23H,2-4,7-8,15-17H2,1H3,(H,27,28)(H,31,32). The van der Waals surface area contributed by atoms with Gasteiger partial charge < -0.3 is 19.7 Å². The zero-order chi connectivity index (χ0) is 23.9. The molecule has 7 nitrogen and oxygen atoms in total. The van der Waals surface area contributed by atoms with Crippen molar-refractivity contribution in [3.63, 3.8) is 0 Å². The highest BCUT2D eigenvalue weighted by Gasteiger charge is 2.24. The molecule has 0 spiro atoms. The highest BCUT2D eigenvalue weighted by atomic mass is 32.2. The number of para-hydroxylation sites is 2. The van der Waals surface area contributed by atoms with Crippen molar-refractivity contribution < 1.29 is 19.4 Å². The van der Waals surface area contributed by atoms with E-state index in [9.17, 15) is 14.7 Å². The molecule has 1 unspecified atom stereocenters. The number of carbonyl (C=O) groups is 2. The number of likely N-dealkylation sites (N-methyl/N-ethyl adjacent to an activating group) is 1. The number of aromatic nitrogens is 2. The van der Waals surface area contributed by atoms with Gasteiger partial charge in [0.2, 0.25) is 5.91 Å². The van der Waals surface area contributed by atoms with E-state index in [2.05, 4.69) is 9.97 Å². The Labute approximate surface area is 203 Å². The summed E-state index contributed by atoms with van der Waals surface area (Å²) in [7, 11) is 1.84. The quantitative estimate of drug-likeness (QED) is 0.405. The molecule has 1 aliphatic rings. The number of aromatic amines is 1. The van der Waals surface area contributed by atoms with E-state index in [0.717, 1.165) is 42.3 Å². The Kier molecular flexibility index (Phi) is 8.11. The summed E-state index contributed by atoms with van der Waals surface area (Å²) in [6.45, 7) is 0.972. The predicted octanol–water partition coefficient (Wildman–Crippen LogP) is 4.77.